The summed E-state index contributed by atoms with van der Waals surface area (Å²) in [4.78, 5) is 0. The van der Waals surface area contributed by atoms with Gasteiger partial charge in [0.25, 0.3) is 0 Å². The molecule has 2 aromatic rings. The van der Waals surface area contributed by atoms with Gasteiger partial charge in [-0.2, -0.15) is 0 Å². The van der Waals surface area contributed by atoms with Crippen molar-refractivity contribution >= 4 is 27.3 Å². The molecule has 1 saturated heterocycles. The maximum absolute atomic E-state index is 5.38. The van der Waals surface area contributed by atoms with Crippen LogP contribution in [0, 0.1) is 0 Å². The summed E-state index contributed by atoms with van der Waals surface area (Å²) in [5, 5.41) is 14.2. The maximum atomic E-state index is 5.38. The second kappa shape index (κ2) is 5.46. The standard InChI is InChI=1S/C11H13BrN4OS/c12-10-5-8(7-18-10)6-16-11(13-14-15-16)9-1-3-17-4-2-9/h5,7,9H,1-4,6H2. The number of ether oxygens (including phenoxy) is 1. The molecule has 0 saturated carbocycles. The minimum absolute atomic E-state index is 0.427. The van der Waals surface area contributed by atoms with Gasteiger partial charge in [-0.1, -0.05) is 0 Å². The highest BCUT2D eigenvalue weighted by Crippen LogP contribution is 2.26. The zero-order valence-electron chi connectivity index (χ0n) is 9.75. The summed E-state index contributed by atoms with van der Waals surface area (Å²) in [6.45, 7) is 2.35. The quantitative estimate of drug-likeness (QED) is 0.868. The Bertz CT molecular complexity index is 521. The minimum Gasteiger partial charge on any atom is -0.381 e. The molecule has 0 bridgehead atoms. The molecule has 0 aromatic carbocycles. The first-order valence-electron chi connectivity index (χ1n) is 5.89. The van der Waals surface area contributed by atoms with Crippen molar-refractivity contribution in [1.82, 2.24) is 20.2 Å². The van der Waals surface area contributed by atoms with E-state index in [1.807, 2.05) is 4.68 Å². The fraction of sp³-hybridized carbons (Fsp3) is 0.545. The summed E-state index contributed by atoms with van der Waals surface area (Å²) < 4.78 is 8.42. The lowest BCUT2D eigenvalue weighted by molar-refractivity contribution is 0.0826. The molecular weight excluding hydrogens is 316 g/mol. The first-order valence-corrected chi connectivity index (χ1v) is 7.57. The molecule has 2 aromatic heterocycles. The van der Waals surface area contributed by atoms with Crippen molar-refractivity contribution in [2.24, 2.45) is 0 Å². The molecule has 96 valence electrons. The van der Waals surface area contributed by atoms with E-state index in [0.29, 0.717) is 5.92 Å². The molecule has 1 fully saturated rings. The van der Waals surface area contributed by atoms with Crippen molar-refractivity contribution < 1.29 is 4.74 Å². The van der Waals surface area contributed by atoms with Crippen LogP contribution in [0.5, 0.6) is 0 Å². The van der Waals surface area contributed by atoms with Gasteiger partial charge in [0.2, 0.25) is 0 Å². The van der Waals surface area contributed by atoms with Gasteiger partial charge in [-0.05, 0) is 56.2 Å². The van der Waals surface area contributed by atoms with E-state index in [4.69, 9.17) is 4.74 Å². The van der Waals surface area contributed by atoms with Crippen molar-refractivity contribution in [2.45, 2.75) is 25.3 Å². The highest BCUT2D eigenvalue weighted by molar-refractivity contribution is 9.11. The van der Waals surface area contributed by atoms with Crippen LogP contribution >= 0.6 is 27.3 Å². The summed E-state index contributed by atoms with van der Waals surface area (Å²) in [5.41, 5.74) is 1.23. The van der Waals surface area contributed by atoms with Crippen LogP contribution in [0.25, 0.3) is 0 Å². The molecular formula is C11H13BrN4OS. The molecule has 3 heterocycles. The predicted molar refractivity (Wildman–Crippen MR) is 71.7 cm³/mol. The van der Waals surface area contributed by atoms with Crippen LogP contribution in [-0.2, 0) is 11.3 Å². The largest absolute Gasteiger partial charge is 0.381 e. The van der Waals surface area contributed by atoms with Crippen LogP contribution in [0.2, 0.25) is 0 Å². The molecule has 5 nitrogen and oxygen atoms in total. The van der Waals surface area contributed by atoms with Gasteiger partial charge in [-0.3, -0.25) is 0 Å². The first-order chi connectivity index (χ1) is 8.83. The van der Waals surface area contributed by atoms with Crippen LogP contribution in [0.3, 0.4) is 0 Å². The number of hydrogen-bond donors (Lipinski definition) is 0. The van der Waals surface area contributed by atoms with Gasteiger partial charge in [0.1, 0.15) is 0 Å². The Labute approximate surface area is 117 Å². The molecule has 7 heteroatoms. The number of thiophene rings is 1. The predicted octanol–water partition coefficient (Wildman–Crippen LogP) is 2.44. The lowest BCUT2D eigenvalue weighted by Crippen LogP contribution is -2.19. The van der Waals surface area contributed by atoms with Crippen molar-refractivity contribution in [2.75, 3.05) is 13.2 Å². The van der Waals surface area contributed by atoms with Crippen molar-refractivity contribution in [3.8, 4) is 0 Å². The monoisotopic (exact) mass is 328 g/mol. The second-order valence-corrected chi connectivity index (χ2v) is 6.63. The first kappa shape index (κ1) is 12.3. The van der Waals surface area contributed by atoms with Gasteiger partial charge in [-0.25, -0.2) is 4.68 Å². The molecule has 0 N–H and O–H groups in total. The van der Waals surface area contributed by atoms with E-state index in [2.05, 4.69) is 42.9 Å². The summed E-state index contributed by atoms with van der Waals surface area (Å²) in [5.74, 6) is 1.41. The van der Waals surface area contributed by atoms with Gasteiger partial charge in [0.05, 0.1) is 10.3 Å². The number of aromatic nitrogens is 4. The van der Waals surface area contributed by atoms with Crippen molar-refractivity contribution in [3.05, 3.63) is 26.6 Å². The third-order valence-corrected chi connectivity index (χ3v) is 4.65. The van der Waals surface area contributed by atoms with E-state index in [0.717, 1.165) is 42.2 Å². The Hall–Kier alpha value is -0.790. The van der Waals surface area contributed by atoms with E-state index >= 15 is 0 Å². The molecule has 0 aliphatic carbocycles. The average molecular weight is 329 g/mol. The van der Waals surface area contributed by atoms with E-state index in [-0.39, 0.29) is 0 Å². The Morgan fingerprint density at radius 3 is 3.00 bits per heavy atom. The highest BCUT2D eigenvalue weighted by atomic mass is 79.9. The summed E-state index contributed by atoms with van der Waals surface area (Å²) in [7, 11) is 0. The fourth-order valence-electron chi connectivity index (χ4n) is 2.17. The molecule has 1 aliphatic heterocycles. The van der Waals surface area contributed by atoms with Gasteiger partial charge < -0.3 is 4.74 Å². The Balaban J connectivity index is 1.78. The van der Waals surface area contributed by atoms with Crippen molar-refractivity contribution in [3.63, 3.8) is 0 Å². The second-order valence-electron chi connectivity index (χ2n) is 4.34. The number of rotatable bonds is 3. The van der Waals surface area contributed by atoms with E-state index < -0.39 is 0 Å². The van der Waals surface area contributed by atoms with E-state index in [1.54, 1.807) is 11.3 Å². The van der Waals surface area contributed by atoms with Crippen LogP contribution in [-0.4, -0.2) is 33.4 Å². The Morgan fingerprint density at radius 1 is 1.44 bits per heavy atom. The zero-order valence-corrected chi connectivity index (χ0v) is 12.2. The van der Waals surface area contributed by atoms with Crippen LogP contribution < -0.4 is 0 Å². The fourth-order valence-corrected chi connectivity index (χ4v) is 3.37. The molecule has 0 amide bonds. The summed E-state index contributed by atoms with van der Waals surface area (Å²) in [6, 6.07) is 2.11. The van der Waals surface area contributed by atoms with Crippen LogP contribution in [0.4, 0.5) is 0 Å². The number of halogens is 1. The summed E-state index contributed by atoms with van der Waals surface area (Å²) in [6.07, 6.45) is 2.02. The summed E-state index contributed by atoms with van der Waals surface area (Å²) >= 11 is 5.15. The molecule has 18 heavy (non-hydrogen) atoms. The lowest BCUT2D eigenvalue weighted by Gasteiger charge is -2.20. The minimum atomic E-state index is 0.427. The van der Waals surface area contributed by atoms with E-state index in [9.17, 15) is 0 Å². The molecule has 1 aliphatic rings. The van der Waals surface area contributed by atoms with Gasteiger partial charge in [0, 0.05) is 19.1 Å². The third-order valence-electron chi connectivity index (χ3n) is 3.10. The molecule has 3 rings (SSSR count). The normalized spacial score (nSPS) is 17.2. The van der Waals surface area contributed by atoms with Crippen molar-refractivity contribution in [1.29, 1.82) is 0 Å². The van der Waals surface area contributed by atoms with Crippen LogP contribution in [0.15, 0.2) is 15.2 Å². The average Bonchev–Trinajstić information content (AvgIpc) is 3.00. The Kier molecular flexibility index (Phi) is 3.72. The number of nitrogens with zero attached hydrogens (tertiary/aromatic N) is 4. The number of tetrazole rings is 1. The smallest absolute Gasteiger partial charge is 0.154 e. The van der Waals surface area contributed by atoms with Gasteiger partial charge in [0.15, 0.2) is 5.82 Å². The topological polar surface area (TPSA) is 52.8 Å². The molecule has 0 unspecified atom stereocenters. The highest BCUT2D eigenvalue weighted by Gasteiger charge is 2.22. The molecule has 0 radical (unpaired) electrons. The molecule has 0 atom stereocenters. The maximum Gasteiger partial charge on any atom is 0.154 e. The molecule has 0 spiro atoms. The third kappa shape index (κ3) is 2.62. The Morgan fingerprint density at radius 2 is 2.28 bits per heavy atom. The van der Waals surface area contributed by atoms with Gasteiger partial charge in [-0.15, -0.1) is 16.4 Å². The van der Waals surface area contributed by atoms with E-state index in [1.165, 1.54) is 5.56 Å². The SMILES string of the molecule is Brc1cc(Cn2nnnc2C2CCOCC2)cs1. The number of hydrogen-bond acceptors (Lipinski definition) is 5. The van der Waals surface area contributed by atoms with Gasteiger partial charge >= 0.3 is 0 Å². The van der Waals surface area contributed by atoms with Crippen LogP contribution in [0.1, 0.15) is 30.1 Å². The zero-order chi connectivity index (χ0) is 12.4. The lowest BCUT2D eigenvalue weighted by atomic mass is 9.99.